The van der Waals surface area contributed by atoms with Gasteiger partial charge in [-0.1, -0.05) is 230 Å². The van der Waals surface area contributed by atoms with Gasteiger partial charge in [0.25, 0.3) is 0 Å². The molecule has 0 bridgehead atoms. The second kappa shape index (κ2) is 51.5. The molecule has 0 saturated heterocycles. The van der Waals surface area contributed by atoms with Gasteiger partial charge in [-0.05, 0) is 83.1 Å². The lowest BCUT2D eigenvalue weighted by molar-refractivity contribution is -0.870. The fourth-order valence-corrected chi connectivity index (χ4v) is 9.28. The lowest BCUT2D eigenvalue weighted by atomic mass is 10.0. The molecule has 0 aromatic carbocycles. The molecule has 3 unspecified atom stereocenters. The zero-order chi connectivity index (χ0) is 52.2. The van der Waals surface area contributed by atoms with Crippen molar-refractivity contribution in [2.24, 2.45) is 0 Å². The van der Waals surface area contributed by atoms with Crippen LogP contribution in [0.15, 0.2) is 48.6 Å². The van der Waals surface area contributed by atoms with Gasteiger partial charge < -0.3 is 19.4 Å². The zero-order valence-electron chi connectivity index (χ0n) is 47.5. The van der Waals surface area contributed by atoms with Crippen LogP contribution in [0.25, 0.3) is 0 Å². The van der Waals surface area contributed by atoms with E-state index >= 15 is 0 Å². The fourth-order valence-electron chi connectivity index (χ4n) is 8.54. The Morgan fingerprint density at radius 1 is 0.493 bits per heavy atom. The van der Waals surface area contributed by atoms with Gasteiger partial charge in [-0.25, -0.2) is 4.57 Å². The highest BCUT2D eigenvalue weighted by molar-refractivity contribution is 7.47. The first kappa shape index (κ1) is 69.0. The van der Waals surface area contributed by atoms with Crippen LogP contribution >= 0.6 is 7.82 Å². The van der Waals surface area contributed by atoms with Crippen LogP contribution in [0.1, 0.15) is 278 Å². The quantitative estimate of drug-likeness (QED) is 0.0205. The van der Waals surface area contributed by atoms with Crippen LogP contribution in [-0.2, 0) is 27.9 Å². The number of esters is 1. The Labute approximate surface area is 439 Å². The fraction of sp³-hybridized carbons (Fsp3) is 0.836. The Balaban J connectivity index is 5.10. The molecule has 0 aliphatic carbocycles. The van der Waals surface area contributed by atoms with Gasteiger partial charge >= 0.3 is 13.8 Å². The number of amides is 1. The van der Waals surface area contributed by atoms with Crippen LogP contribution < -0.4 is 5.32 Å². The second-order valence-electron chi connectivity index (χ2n) is 21.5. The minimum absolute atomic E-state index is 0.0390. The highest BCUT2D eigenvalue weighted by atomic mass is 31.2. The van der Waals surface area contributed by atoms with Crippen molar-refractivity contribution in [3.05, 3.63) is 48.6 Å². The van der Waals surface area contributed by atoms with E-state index in [1.54, 1.807) is 0 Å². The summed E-state index contributed by atoms with van der Waals surface area (Å²) in [6.45, 7) is 6.95. The maximum Gasteiger partial charge on any atom is 0.472 e. The van der Waals surface area contributed by atoms with E-state index in [1.807, 2.05) is 33.3 Å². The Kier molecular flexibility index (Phi) is 50.0. The van der Waals surface area contributed by atoms with Crippen molar-refractivity contribution in [1.82, 2.24) is 5.32 Å². The lowest BCUT2D eigenvalue weighted by Gasteiger charge is -2.27. The van der Waals surface area contributed by atoms with E-state index in [-0.39, 0.29) is 31.5 Å². The number of likely N-dealkylation sites (N-methyl/N-ethyl adjacent to an activating group) is 1. The Morgan fingerprint density at radius 2 is 0.873 bits per heavy atom. The normalized spacial score (nSPS) is 14.1. The summed E-state index contributed by atoms with van der Waals surface area (Å²) in [6.07, 6.45) is 62.6. The highest BCUT2D eigenvalue weighted by Crippen LogP contribution is 2.43. The molecule has 9 nitrogen and oxygen atoms in total. The second-order valence-corrected chi connectivity index (χ2v) is 23.0. The summed E-state index contributed by atoms with van der Waals surface area (Å²) in [4.78, 5) is 37.5. The van der Waals surface area contributed by atoms with Gasteiger partial charge in [0.05, 0.1) is 33.8 Å². The first-order chi connectivity index (χ1) is 34.4. The molecule has 0 heterocycles. The molecule has 0 spiro atoms. The van der Waals surface area contributed by atoms with Crippen molar-refractivity contribution in [2.45, 2.75) is 290 Å². The third kappa shape index (κ3) is 52.6. The van der Waals surface area contributed by atoms with E-state index in [9.17, 15) is 19.0 Å². The van der Waals surface area contributed by atoms with E-state index in [4.69, 9.17) is 13.8 Å². The van der Waals surface area contributed by atoms with Crippen molar-refractivity contribution in [3.8, 4) is 0 Å². The molecule has 0 fully saturated rings. The number of nitrogens with zero attached hydrogens (tertiary/aromatic N) is 1. The van der Waals surface area contributed by atoms with Crippen molar-refractivity contribution >= 4 is 19.7 Å². The maximum absolute atomic E-state index is 13.4. The van der Waals surface area contributed by atoms with Crippen molar-refractivity contribution in [2.75, 3.05) is 40.9 Å². The van der Waals surface area contributed by atoms with Crippen LogP contribution in [0.2, 0.25) is 0 Å². The van der Waals surface area contributed by atoms with Gasteiger partial charge in [0.1, 0.15) is 19.3 Å². The molecule has 0 rings (SSSR count). The molecular weight excluding hydrogens is 904 g/mol. The number of phosphoric ester groups is 1. The molecule has 0 aromatic rings. The number of quaternary nitrogens is 1. The van der Waals surface area contributed by atoms with Gasteiger partial charge in [0, 0.05) is 12.8 Å². The number of unbranched alkanes of at least 4 members (excludes halogenated alkanes) is 32. The summed E-state index contributed by atoms with van der Waals surface area (Å²) in [5, 5.41) is 3.04. The number of phosphoric acid groups is 1. The Hall–Kier alpha value is -2.03. The molecule has 0 aliphatic rings. The number of hydrogen-bond acceptors (Lipinski definition) is 6. The first-order valence-electron chi connectivity index (χ1n) is 30.0. The number of ether oxygens (including phenoxy) is 1. The largest absolute Gasteiger partial charge is 0.472 e. The van der Waals surface area contributed by atoms with Gasteiger partial charge in [0.2, 0.25) is 5.91 Å². The number of carbonyl (C=O) groups is 2. The molecule has 0 aliphatic heterocycles. The third-order valence-electron chi connectivity index (χ3n) is 13.2. The van der Waals surface area contributed by atoms with Crippen LogP contribution in [0.5, 0.6) is 0 Å². The molecule has 0 aromatic heterocycles. The molecule has 0 radical (unpaired) electrons. The Morgan fingerprint density at radius 3 is 1.35 bits per heavy atom. The molecule has 3 atom stereocenters. The van der Waals surface area contributed by atoms with E-state index in [0.29, 0.717) is 17.4 Å². The van der Waals surface area contributed by atoms with Gasteiger partial charge in [-0.15, -0.1) is 0 Å². The minimum Gasteiger partial charge on any atom is -0.456 e. The smallest absolute Gasteiger partial charge is 0.456 e. The third-order valence-corrected chi connectivity index (χ3v) is 14.2. The minimum atomic E-state index is -4.44. The Bertz CT molecular complexity index is 1360. The van der Waals surface area contributed by atoms with Crippen LogP contribution in [0.4, 0.5) is 0 Å². The average Bonchev–Trinajstić information content (AvgIpc) is 3.33. The predicted octanol–water partition coefficient (Wildman–Crippen LogP) is 18.1. The predicted molar refractivity (Wildman–Crippen MR) is 305 cm³/mol. The number of hydrogen-bond donors (Lipinski definition) is 2. The summed E-state index contributed by atoms with van der Waals surface area (Å²) in [6, 6.07) is -0.849. The topological polar surface area (TPSA) is 111 Å². The van der Waals surface area contributed by atoms with E-state index in [1.165, 1.54) is 154 Å². The molecule has 10 heteroatoms. The number of carbonyl (C=O) groups excluding carboxylic acids is 2. The van der Waals surface area contributed by atoms with Gasteiger partial charge in [-0.3, -0.25) is 18.6 Å². The van der Waals surface area contributed by atoms with Crippen molar-refractivity contribution in [3.63, 3.8) is 0 Å². The SMILES string of the molecule is CCCC/C=C\CCCCCCCC(=O)NC(COP(=O)(O)OCC[N+](C)(C)C)C(/C=C\CCCCCCCCCCC)OC(=O)CCCCCCCCCCCCCCC/C=C\C/C=C\CCCCC. The monoisotopic (exact) mass is 1020 g/mol. The van der Waals surface area contributed by atoms with Gasteiger partial charge in [0.15, 0.2) is 0 Å². The zero-order valence-corrected chi connectivity index (χ0v) is 48.4. The van der Waals surface area contributed by atoms with Crippen molar-refractivity contribution in [1.29, 1.82) is 0 Å². The van der Waals surface area contributed by atoms with Crippen molar-refractivity contribution < 1.29 is 37.3 Å². The lowest BCUT2D eigenvalue weighted by Crippen LogP contribution is -2.47. The standard InChI is InChI=1S/C61H115N2O7P/c1-7-10-13-16-19-22-25-26-27-28-29-30-31-32-33-34-35-36-39-42-45-48-51-54-61(65)70-59(52-49-46-43-40-37-23-20-17-14-11-8-2)58(57-69-71(66,67)68-56-55-63(4,5)6)62-60(64)53-50-47-44-41-38-24-21-18-15-12-9-3/h18-19,21-22,26-27,49,52,58-59H,7-17,20,23-25,28-48,50-51,53-57H2,1-6H3,(H-,62,64,66,67)/p+1/b21-18-,22-19-,27-26-,52-49-. The maximum atomic E-state index is 13.4. The van der Waals surface area contributed by atoms with Crippen LogP contribution in [-0.4, -0.2) is 74.3 Å². The van der Waals surface area contributed by atoms with E-state index in [2.05, 4.69) is 62.5 Å². The van der Waals surface area contributed by atoms with Gasteiger partial charge in [-0.2, -0.15) is 0 Å². The number of allylic oxidation sites excluding steroid dienone is 7. The number of rotatable bonds is 54. The highest BCUT2D eigenvalue weighted by Gasteiger charge is 2.30. The van der Waals surface area contributed by atoms with Crippen LogP contribution in [0.3, 0.4) is 0 Å². The first-order valence-corrected chi connectivity index (χ1v) is 31.5. The number of nitrogens with one attached hydrogen (secondary N) is 1. The molecular formula is C61H116N2O7P+. The summed E-state index contributed by atoms with van der Waals surface area (Å²) >= 11 is 0. The van der Waals surface area contributed by atoms with E-state index < -0.39 is 20.0 Å². The molecule has 416 valence electrons. The molecule has 71 heavy (non-hydrogen) atoms. The summed E-state index contributed by atoms with van der Waals surface area (Å²) in [5.41, 5.74) is 0. The average molecular weight is 1020 g/mol. The summed E-state index contributed by atoms with van der Waals surface area (Å²) in [7, 11) is 1.49. The summed E-state index contributed by atoms with van der Waals surface area (Å²) < 4.78 is 30.6. The molecule has 0 saturated carbocycles. The van der Waals surface area contributed by atoms with E-state index in [0.717, 1.165) is 89.9 Å². The molecule has 2 N–H and O–H groups in total. The van der Waals surface area contributed by atoms with Crippen LogP contribution in [0, 0.1) is 0 Å². The summed E-state index contributed by atoms with van der Waals surface area (Å²) in [5.74, 6) is -0.512. The molecule has 1 amide bonds.